The second-order valence-corrected chi connectivity index (χ2v) is 8.00. The fraction of sp³-hybridized carbons (Fsp3) is 0.304. The molecule has 0 aliphatic heterocycles. The molecule has 30 heavy (non-hydrogen) atoms. The van der Waals surface area contributed by atoms with Crippen LogP contribution < -0.4 is 4.74 Å². The van der Waals surface area contributed by atoms with Crippen LogP contribution in [0.4, 0.5) is 0 Å². The maximum atomic E-state index is 9.84. The predicted octanol–water partition coefficient (Wildman–Crippen LogP) is 5.59. The lowest BCUT2D eigenvalue weighted by molar-refractivity contribution is 0.145. The van der Waals surface area contributed by atoms with E-state index < -0.39 is 0 Å². The van der Waals surface area contributed by atoms with Gasteiger partial charge in [-0.15, -0.1) is 0 Å². The molecule has 2 N–H and O–H groups in total. The third kappa shape index (κ3) is 3.57. The monoisotopic (exact) mass is 425 g/mol. The summed E-state index contributed by atoms with van der Waals surface area (Å²) in [7, 11) is 1.66. The van der Waals surface area contributed by atoms with Gasteiger partial charge in [0.25, 0.3) is 0 Å². The van der Waals surface area contributed by atoms with E-state index in [1.807, 2.05) is 13.0 Å². The van der Waals surface area contributed by atoms with Gasteiger partial charge in [-0.3, -0.25) is 5.10 Å². The van der Waals surface area contributed by atoms with Crippen molar-refractivity contribution in [1.29, 1.82) is 0 Å². The maximum absolute atomic E-state index is 9.84. The maximum Gasteiger partial charge on any atom is 0.156 e. The molecule has 0 bridgehead atoms. The van der Waals surface area contributed by atoms with Crippen LogP contribution in [0.25, 0.3) is 33.1 Å². The molecule has 0 unspecified atom stereocenters. The molecule has 2 aromatic carbocycles. The van der Waals surface area contributed by atoms with Gasteiger partial charge >= 0.3 is 0 Å². The molecule has 0 aliphatic rings. The van der Waals surface area contributed by atoms with E-state index in [0.717, 1.165) is 44.4 Å². The van der Waals surface area contributed by atoms with Gasteiger partial charge in [-0.25, -0.2) is 4.98 Å². The number of rotatable bonds is 6. The van der Waals surface area contributed by atoms with Crippen molar-refractivity contribution in [3.63, 3.8) is 0 Å². The highest BCUT2D eigenvalue weighted by Gasteiger charge is 2.19. The number of nitrogens with one attached hydrogen (secondary N) is 1. The van der Waals surface area contributed by atoms with Gasteiger partial charge in [0.1, 0.15) is 18.1 Å². The van der Waals surface area contributed by atoms with Crippen molar-refractivity contribution < 1.29 is 14.6 Å². The van der Waals surface area contributed by atoms with Gasteiger partial charge in [-0.2, -0.15) is 5.10 Å². The van der Waals surface area contributed by atoms with Crippen LogP contribution >= 0.6 is 11.6 Å². The van der Waals surface area contributed by atoms with E-state index in [0.29, 0.717) is 18.9 Å². The summed E-state index contributed by atoms with van der Waals surface area (Å²) in [5.74, 6) is 1.13. The Hall–Kier alpha value is -2.83. The lowest BCUT2D eigenvalue weighted by atomic mass is 9.94. The molecule has 2 aromatic heterocycles. The Morgan fingerprint density at radius 1 is 1.13 bits per heavy atom. The summed E-state index contributed by atoms with van der Waals surface area (Å²) < 4.78 is 11.2. The lowest BCUT2D eigenvalue weighted by Gasteiger charge is -2.17. The Morgan fingerprint density at radius 3 is 2.63 bits per heavy atom. The van der Waals surface area contributed by atoms with Crippen molar-refractivity contribution in [2.45, 2.75) is 26.7 Å². The molecule has 156 valence electrons. The standard InChI is InChI=1S/C23H24ClN3O3/c1-12(2)15-10-17-16(11-20(15)30-8-7-29-4)21-13(3)26-27-23(21)25-22(17)14-5-6-19(28)18(24)9-14/h5-6,9-12,28H,7-8H2,1-4H3,(H,25,26,27). The molecule has 0 aliphatic carbocycles. The molecule has 0 amide bonds. The SMILES string of the molecule is COCCOc1cc2c(cc1C(C)C)c(-c1ccc(O)c(Cl)c1)nc1[nH]nc(C)c12. The minimum atomic E-state index is 0.0416. The smallest absolute Gasteiger partial charge is 0.156 e. The first kappa shape index (κ1) is 20.4. The predicted molar refractivity (Wildman–Crippen MR) is 120 cm³/mol. The highest BCUT2D eigenvalue weighted by molar-refractivity contribution is 6.32. The zero-order valence-electron chi connectivity index (χ0n) is 17.4. The van der Waals surface area contributed by atoms with Crippen molar-refractivity contribution in [1.82, 2.24) is 15.2 Å². The van der Waals surface area contributed by atoms with Crippen LogP contribution in [0.1, 0.15) is 31.0 Å². The number of aromatic nitrogens is 3. The van der Waals surface area contributed by atoms with E-state index in [2.05, 4.69) is 36.2 Å². The molecule has 0 saturated heterocycles. The van der Waals surface area contributed by atoms with E-state index in [1.165, 1.54) is 0 Å². The Kier molecular flexibility index (Phi) is 5.54. The number of fused-ring (bicyclic) bond motifs is 3. The average Bonchev–Trinajstić information content (AvgIpc) is 3.10. The van der Waals surface area contributed by atoms with Crippen LogP contribution in [0.15, 0.2) is 30.3 Å². The highest BCUT2D eigenvalue weighted by atomic mass is 35.5. The van der Waals surface area contributed by atoms with Gasteiger partial charge in [-0.05, 0) is 48.7 Å². The molecular formula is C23H24ClN3O3. The van der Waals surface area contributed by atoms with E-state index in [1.54, 1.807) is 19.2 Å². The molecule has 0 atom stereocenters. The fourth-order valence-electron chi connectivity index (χ4n) is 3.68. The van der Waals surface area contributed by atoms with Gasteiger partial charge in [0.05, 0.1) is 23.0 Å². The van der Waals surface area contributed by atoms with E-state index >= 15 is 0 Å². The second-order valence-electron chi connectivity index (χ2n) is 7.59. The molecule has 0 spiro atoms. The summed E-state index contributed by atoms with van der Waals surface area (Å²) in [6.07, 6.45) is 0. The van der Waals surface area contributed by atoms with Crippen LogP contribution in [-0.4, -0.2) is 40.6 Å². The molecular weight excluding hydrogens is 402 g/mol. The van der Waals surface area contributed by atoms with Gasteiger partial charge in [-0.1, -0.05) is 25.4 Å². The minimum Gasteiger partial charge on any atom is -0.506 e. The first-order valence-corrected chi connectivity index (χ1v) is 10.2. The van der Waals surface area contributed by atoms with Gasteiger partial charge < -0.3 is 14.6 Å². The number of pyridine rings is 1. The molecule has 6 nitrogen and oxygen atoms in total. The molecule has 0 saturated carbocycles. The summed E-state index contributed by atoms with van der Waals surface area (Å²) in [5, 5.41) is 20.5. The van der Waals surface area contributed by atoms with E-state index in [-0.39, 0.29) is 16.7 Å². The number of nitrogens with zero attached hydrogens (tertiary/aromatic N) is 2. The van der Waals surface area contributed by atoms with Crippen molar-refractivity contribution in [3.05, 3.63) is 46.6 Å². The zero-order valence-corrected chi connectivity index (χ0v) is 18.2. The van der Waals surface area contributed by atoms with Gasteiger partial charge in [0, 0.05) is 28.8 Å². The van der Waals surface area contributed by atoms with Crippen molar-refractivity contribution in [2.75, 3.05) is 20.3 Å². The number of H-pyrrole nitrogens is 1. The number of methoxy groups -OCH3 is 1. The largest absolute Gasteiger partial charge is 0.506 e. The van der Waals surface area contributed by atoms with Gasteiger partial charge in [0.2, 0.25) is 0 Å². The minimum absolute atomic E-state index is 0.0416. The van der Waals surface area contributed by atoms with Crippen molar-refractivity contribution >= 4 is 33.4 Å². The lowest BCUT2D eigenvalue weighted by Crippen LogP contribution is -2.07. The Bertz CT molecular complexity index is 1230. The van der Waals surface area contributed by atoms with E-state index in [4.69, 9.17) is 26.1 Å². The Labute approximate surface area is 179 Å². The fourth-order valence-corrected chi connectivity index (χ4v) is 3.86. The van der Waals surface area contributed by atoms with Crippen LogP contribution in [0, 0.1) is 6.92 Å². The number of aromatic hydroxyl groups is 1. The summed E-state index contributed by atoms with van der Waals surface area (Å²) in [6.45, 7) is 7.22. The number of ether oxygens (including phenoxy) is 2. The summed E-state index contributed by atoms with van der Waals surface area (Å²) in [6, 6.07) is 9.33. The molecule has 4 rings (SSSR count). The number of benzene rings is 2. The van der Waals surface area contributed by atoms with Crippen molar-refractivity contribution in [2.24, 2.45) is 0 Å². The van der Waals surface area contributed by atoms with Crippen molar-refractivity contribution in [3.8, 4) is 22.8 Å². The third-order valence-corrected chi connectivity index (χ3v) is 5.52. The first-order chi connectivity index (χ1) is 14.4. The zero-order chi connectivity index (χ0) is 21.4. The molecule has 2 heterocycles. The molecule has 0 radical (unpaired) electrons. The van der Waals surface area contributed by atoms with Crippen LogP contribution in [-0.2, 0) is 4.74 Å². The second kappa shape index (κ2) is 8.13. The van der Waals surface area contributed by atoms with Gasteiger partial charge in [0.15, 0.2) is 5.65 Å². The van der Waals surface area contributed by atoms with E-state index in [9.17, 15) is 5.11 Å². The number of hydrogen-bond acceptors (Lipinski definition) is 5. The summed E-state index contributed by atoms with van der Waals surface area (Å²) in [5.41, 5.74) is 4.25. The van der Waals surface area contributed by atoms with Crippen LogP contribution in [0.3, 0.4) is 0 Å². The first-order valence-electron chi connectivity index (χ1n) is 9.83. The number of hydrogen-bond donors (Lipinski definition) is 2. The average molecular weight is 426 g/mol. The third-order valence-electron chi connectivity index (χ3n) is 5.21. The van der Waals surface area contributed by atoms with Crippen LogP contribution in [0.2, 0.25) is 5.02 Å². The molecule has 4 aromatic rings. The highest BCUT2D eigenvalue weighted by Crippen LogP contribution is 2.40. The Balaban J connectivity index is 2.04. The number of aromatic amines is 1. The summed E-state index contributed by atoms with van der Waals surface area (Å²) >= 11 is 6.19. The molecule has 0 fully saturated rings. The number of aryl methyl sites for hydroxylation is 1. The quantitative estimate of drug-likeness (QED) is 0.393. The number of phenols is 1. The summed E-state index contributed by atoms with van der Waals surface area (Å²) in [4.78, 5) is 4.85. The molecule has 7 heteroatoms. The Morgan fingerprint density at radius 2 is 1.93 bits per heavy atom. The van der Waals surface area contributed by atoms with Crippen LogP contribution in [0.5, 0.6) is 11.5 Å². The number of phenolic OH excluding ortho intramolecular Hbond substituents is 1. The topological polar surface area (TPSA) is 80.3 Å². The normalized spacial score (nSPS) is 11.7. The number of halogens is 1.